The fourth-order valence-electron chi connectivity index (χ4n) is 5.39. The number of anilines is 1. The van der Waals surface area contributed by atoms with Crippen LogP contribution in [0.5, 0.6) is 5.88 Å². The molecule has 4 rings (SSSR count). The Bertz CT molecular complexity index is 1770. The number of hydrogen-bond donors (Lipinski definition) is 1. The molecule has 2 aromatic carbocycles. The maximum Gasteiger partial charge on any atom is 0.426 e. The summed E-state index contributed by atoms with van der Waals surface area (Å²) >= 11 is 5.34. The summed E-state index contributed by atoms with van der Waals surface area (Å²) in [6.07, 6.45) is -1.08. The highest BCUT2D eigenvalue weighted by Crippen LogP contribution is 2.60. The number of alkyl halides is 3. The van der Waals surface area contributed by atoms with Crippen LogP contribution >= 0.6 is 11.6 Å². The Labute approximate surface area is 298 Å². The molecule has 9 nitrogen and oxygen atoms in total. The molecule has 274 valence electrons. The summed E-state index contributed by atoms with van der Waals surface area (Å²) in [5.74, 6) is -1.26. The third-order valence-electron chi connectivity index (χ3n) is 8.58. The highest BCUT2D eigenvalue weighted by atomic mass is 35.5. The molecule has 0 saturated heterocycles. The fraction of sp³-hybridized carbons (Fsp3) is 0.472. The van der Waals surface area contributed by atoms with Crippen LogP contribution in [0.3, 0.4) is 0 Å². The van der Waals surface area contributed by atoms with E-state index in [1.807, 2.05) is 69.3 Å². The molecule has 1 saturated carbocycles. The van der Waals surface area contributed by atoms with E-state index in [2.05, 4.69) is 22.2 Å². The molecule has 1 heterocycles. The van der Waals surface area contributed by atoms with Gasteiger partial charge in [-0.1, -0.05) is 93.4 Å². The second-order valence-corrected chi connectivity index (χ2v) is 14.9. The number of carbonyl (C=O) groups is 1. The lowest BCUT2D eigenvalue weighted by molar-refractivity contribution is -0.147. The molecule has 1 N–H and O–H groups in total. The van der Waals surface area contributed by atoms with Gasteiger partial charge in [0.15, 0.2) is 0 Å². The van der Waals surface area contributed by atoms with E-state index in [4.69, 9.17) is 20.5 Å². The minimum Gasteiger partial charge on any atom is -0.461 e. The van der Waals surface area contributed by atoms with Crippen LogP contribution in [0.15, 0.2) is 59.6 Å². The molecule has 0 amide bonds. The lowest BCUT2D eigenvalue weighted by atomic mass is 9.97. The number of benzene rings is 2. The SMILES string of the molecule is CCCCc1c(C)nc(NCC)nc1OS(=O)(=O)N(C)C.Cc1c(COC(=O)[C@H]2[C@@H](/C=C(\Cl)C(F)(F)F)C2(C)C)cccc1-c1ccccc1. The minimum atomic E-state index is -4.61. The Kier molecular flexibility index (Phi) is 13.9. The standard InChI is InChI=1S/C23H22ClF3O2.C13H24N4O3S/c1-14-16(10-7-11-17(14)15-8-5-4-6-9-15)13-29-21(28)20-18(22(20,2)3)12-19(24)23(25,26)27;1-6-8-9-11-10(3)15-13(14-7-2)16-12(11)20-21(18,19)17(4)5/h4-12,18,20H,13H2,1-3H3;6-9H2,1-5H3,(H,14,15,16)/b19-12-;/t18-,20-;/m1./s1. The van der Waals surface area contributed by atoms with Crippen LogP contribution < -0.4 is 9.50 Å². The van der Waals surface area contributed by atoms with E-state index in [1.54, 1.807) is 13.8 Å². The largest absolute Gasteiger partial charge is 0.461 e. The number of allylic oxidation sites excluding steroid dienone is 2. The van der Waals surface area contributed by atoms with E-state index in [9.17, 15) is 26.4 Å². The molecule has 50 heavy (non-hydrogen) atoms. The van der Waals surface area contributed by atoms with E-state index in [1.165, 1.54) is 14.1 Å². The van der Waals surface area contributed by atoms with Gasteiger partial charge in [-0.15, -0.1) is 0 Å². The average molecular weight is 739 g/mol. The zero-order chi connectivity index (χ0) is 37.4. The first-order chi connectivity index (χ1) is 23.3. The number of nitrogens with one attached hydrogen (secondary N) is 1. The lowest BCUT2D eigenvalue weighted by Gasteiger charge is -2.16. The molecule has 3 aromatic rings. The van der Waals surface area contributed by atoms with Gasteiger partial charge in [0.2, 0.25) is 11.8 Å². The van der Waals surface area contributed by atoms with Crippen LogP contribution in [0.1, 0.15) is 62.9 Å². The van der Waals surface area contributed by atoms with Crippen molar-refractivity contribution in [2.24, 2.45) is 17.3 Å². The maximum absolute atomic E-state index is 12.7. The van der Waals surface area contributed by atoms with Crippen molar-refractivity contribution in [2.75, 3.05) is 26.0 Å². The van der Waals surface area contributed by atoms with Gasteiger partial charge in [0.1, 0.15) is 11.6 Å². The average Bonchev–Trinajstić information content (AvgIpc) is 3.59. The van der Waals surface area contributed by atoms with Crippen molar-refractivity contribution in [3.8, 4) is 17.0 Å². The quantitative estimate of drug-likeness (QED) is 0.174. The first kappa shape index (κ1) is 40.7. The van der Waals surface area contributed by atoms with Gasteiger partial charge in [-0.2, -0.15) is 30.9 Å². The van der Waals surface area contributed by atoms with Crippen molar-refractivity contribution < 1.29 is 35.3 Å². The number of aromatic nitrogens is 2. The normalized spacial score (nSPS) is 17.1. The number of hydrogen-bond acceptors (Lipinski definition) is 8. The predicted molar refractivity (Wildman–Crippen MR) is 190 cm³/mol. The fourth-order valence-corrected chi connectivity index (χ4v) is 6.01. The third kappa shape index (κ3) is 10.4. The van der Waals surface area contributed by atoms with E-state index >= 15 is 0 Å². The number of ether oxygens (including phenoxy) is 1. The summed E-state index contributed by atoms with van der Waals surface area (Å²) < 4.78 is 73.6. The summed E-state index contributed by atoms with van der Waals surface area (Å²) in [6.45, 7) is 12.0. The second kappa shape index (κ2) is 17.0. The number of rotatable bonds is 13. The van der Waals surface area contributed by atoms with Crippen LogP contribution in [-0.4, -0.2) is 55.5 Å². The first-order valence-electron chi connectivity index (χ1n) is 16.3. The van der Waals surface area contributed by atoms with Gasteiger partial charge in [0, 0.05) is 31.9 Å². The van der Waals surface area contributed by atoms with Gasteiger partial charge in [-0.3, -0.25) is 4.79 Å². The molecule has 14 heteroatoms. The van der Waals surface area contributed by atoms with Gasteiger partial charge < -0.3 is 14.2 Å². The van der Waals surface area contributed by atoms with E-state index in [-0.39, 0.29) is 12.5 Å². The van der Waals surface area contributed by atoms with Gasteiger partial charge >= 0.3 is 22.4 Å². The molecule has 1 aliphatic rings. The van der Waals surface area contributed by atoms with Crippen LogP contribution in [-0.2, 0) is 32.9 Å². The molecule has 1 fully saturated rings. The van der Waals surface area contributed by atoms with Crippen LogP contribution in [0.4, 0.5) is 19.1 Å². The summed E-state index contributed by atoms with van der Waals surface area (Å²) in [7, 11) is -0.998. The first-order valence-corrected chi connectivity index (χ1v) is 18.1. The molecule has 0 aliphatic heterocycles. The molecule has 1 aliphatic carbocycles. The molecule has 0 spiro atoms. The molecule has 0 unspecified atom stereocenters. The van der Waals surface area contributed by atoms with E-state index in [0.29, 0.717) is 18.9 Å². The van der Waals surface area contributed by atoms with Gasteiger partial charge in [-0.25, -0.2) is 4.98 Å². The number of halogens is 4. The lowest BCUT2D eigenvalue weighted by Crippen LogP contribution is -2.28. The third-order valence-corrected chi connectivity index (χ3v) is 10.2. The summed E-state index contributed by atoms with van der Waals surface area (Å²) in [5.41, 5.74) is 4.82. The highest BCUT2D eigenvalue weighted by molar-refractivity contribution is 7.84. The van der Waals surface area contributed by atoms with Gasteiger partial charge in [-0.05, 0) is 67.2 Å². The van der Waals surface area contributed by atoms with Crippen molar-refractivity contribution in [2.45, 2.75) is 73.6 Å². The Morgan fingerprint density at radius 1 is 1.06 bits per heavy atom. The topological polar surface area (TPSA) is 111 Å². The number of nitrogens with zero attached hydrogens (tertiary/aromatic N) is 3. The number of esters is 1. The minimum absolute atomic E-state index is 0.0708. The Hall–Kier alpha value is -3.68. The Morgan fingerprint density at radius 2 is 1.72 bits per heavy atom. The Balaban J connectivity index is 0.000000286. The zero-order valence-corrected chi connectivity index (χ0v) is 31.3. The van der Waals surface area contributed by atoms with Crippen molar-refractivity contribution in [3.63, 3.8) is 0 Å². The van der Waals surface area contributed by atoms with Crippen LogP contribution in [0, 0.1) is 31.1 Å². The van der Waals surface area contributed by atoms with Crippen molar-refractivity contribution in [3.05, 3.63) is 82.0 Å². The number of unbranched alkanes of at least 4 members (excludes halogenated alkanes) is 1. The molecule has 0 radical (unpaired) electrons. The number of aryl methyl sites for hydroxylation is 1. The number of carbonyl (C=O) groups excluding carboxylic acids is 1. The molecular weight excluding hydrogens is 693 g/mol. The highest BCUT2D eigenvalue weighted by Gasteiger charge is 2.62. The van der Waals surface area contributed by atoms with Crippen molar-refractivity contribution >= 4 is 33.8 Å². The molecule has 2 atom stereocenters. The van der Waals surface area contributed by atoms with Crippen LogP contribution in [0.25, 0.3) is 11.1 Å². The summed E-state index contributed by atoms with van der Waals surface area (Å²) in [6, 6.07) is 15.6. The van der Waals surface area contributed by atoms with E-state index in [0.717, 1.165) is 56.7 Å². The molecule has 0 bridgehead atoms. The van der Waals surface area contributed by atoms with Gasteiger partial charge in [0.05, 0.1) is 5.92 Å². The monoisotopic (exact) mass is 738 g/mol. The Morgan fingerprint density at radius 3 is 2.30 bits per heavy atom. The predicted octanol–water partition coefficient (Wildman–Crippen LogP) is 8.41. The van der Waals surface area contributed by atoms with Gasteiger partial charge in [0.25, 0.3) is 0 Å². The van der Waals surface area contributed by atoms with Crippen LogP contribution in [0.2, 0.25) is 0 Å². The zero-order valence-electron chi connectivity index (χ0n) is 29.7. The summed E-state index contributed by atoms with van der Waals surface area (Å²) in [5, 5.41) is 1.78. The van der Waals surface area contributed by atoms with E-state index < -0.39 is 44.7 Å². The van der Waals surface area contributed by atoms with Crippen molar-refractivity contribution in [1.29, 1.82) is 0 Å². The van der Waals surface area contributed by atoms with Crippen molar-refractivity contribution in [1.82, 2.24) is 14.3 Å². The summed E-state index contributed by atoms with van der Waals surface area (Å²) in [4.78, 5) is 21.1. The molecule has 1 aromatic heterocycles. The molecular formula is C36H46ClF3N4O5S. The smallest absolute Gasteiger partial charge is 0.426 e. The maximum atomic E-state index is 12.7. The second-order valence-electron chi connectivity index (χ2n) is 12.8.